The fraction of sp³-hybridized carbons (Fsp3) is 0.857. The molecular formula is C7H12O7. The van der Waals surface area contributed by atoms with Crippen molar-refractivity contribution in [2.24, 2.45) is 0 Å². The summed E-state index contributed by atoms with van der Waals surface area (Å²) >= 11 is 0. The first-order valence-electron chi connectivity index (χ1n) is 3.94. The van der Waals surface area contributed by atoms with E-state index in [0.717, 1.165) is 0 Å². The summed E-state index contributed by atoms with van der Waals surface area (Å²) in [4.78, 5) is 10.5. The van der Waals surface area contributed by atoms with Crippen molar-refractivity contribution >= 4 is 5.97 Å². The summed E-state index contributed by atoms with van der Waals surface area (Å²) in [5.41, 5.74) is 0. The smallest absolute Gasteiger partial charge is 0.335 e. The fourth-order valence-electron chi connectivity index (χ4n) is 1.31. The van der Waals surface area contributed by atoms with Gasteiger partial charge >= 0.3 is 5.97 Å². The molecule has 1 heterocycles. The van der Waals surface area contributed by atoms with Crippen LogP contribution in [0.2, 0.25) is 0 Å². The zero-order valence-corrected chi connectivity index (χ0v) is 7.40. The monoisotopic (exact) mass is 208 g/mol. The minimum Gasteiger partial charge on any atom is -0.479 e. The van der Waals surface area contributed by atoms with Gasteiger partial charge in [-0.05, 0) is 0 Å². The van der Waals surface area contributed by atoms with Gasteiger partial charge < -0.3 is 29.9 Å². The predicted molar refractivity (Wildman–Crippen MR) is 41.3 cm³/mol. The number of aliphatic carboxylic acids is 1. The van der Waals surface area contributed by atoms with Crippen LogP contribution in [-0.2, 0) is 14.3 Å². The molecule has 5 atom stereocenters. The normalized spacial score (nSPS) is 43.6. The Balaban J connectivity index is 2.77. The maximum absolute atomic E-state index is 10.5. The minimum atomic E-state index is -1.65. The molecule has 1 fully saturated rings. The van der Waals surface area contributed by atoms with E-state index < -0.39 is 36.7 Å². The zero-order valence-electron chi connectivity index (χ0n) is 7.40. The topological polar surface area (TPSA) is 116 Å². The van der Waals surface area contributed by atoms with Crippen LogP contribution in [0, 0.1) is 0 Å². The number of carboxylic acid groups (broad SMARTS) is 1. The Morgan fingerprint density at radius 2 is 1.86 bits per heavy atom. The number of hydrogen-bond donors (Lipinski definition) is 4. The van der Waals surface area contributed by atoms with Crippen LogP contribution < -0.4 is 0 Å². The molecule has 1 rings (SSSR count). The molecule has 0 aromatic rings. The van der Waals surface area contributed by atoms with Crippen molar-refractivity contribution < 1.29 is 34.7 Å². The number of aliphatic hydroxyl groups is 3. The van der Waals surface area contributed by atoms with Gasteiger partial charge in [0, 0.05) is 7.11 Å². The molecule has 1 aliphatic heterocycles. The first-order chi connectivity index (χ1) is 6.49. The van der Waals surface area contributed by atoms with E-state index in [1.54, 1.807) is 0 Å². The summed E-state index contributed by atoms with van der Waals surface area (Å²) in [6.45, 7) is 0. The van der Waals surface area contributed by atoms with E-state index in [2.05, 4.69) is 9.47 Å². The van der Waals surface area contributed by atoms with E-state index in [0.29, 0.717) is 0 Å². The second kappa shape index (κ2) is 4.20. The maximum Gasteiger partial charge on any atom is 0.335 e. The van der Waals surface area contributed by atoms with Gasteiger partial charge in [-0.15, -0.1) is 0 Å². The van der Waals surface area contributed by atoms with E-state index in [-0.39, 0.29) is 0 Å². The van der Waals surface area contributed by atoms with Crippen molar-refractivity contribution in [2.45, 2.75) is 30.7 Å². The molecule has 7 nitrogen and oxygen atoms in total. The number of aliphatic hydroxyl groups excluding tert-OH is 3. The quantitative estimate of drug-likeness (QED) is 0.397. The number of hydrogen-bond acceptors (Lipinski definition) is 6. The molecule has 0 aliphatic carbocycles. The third kappa shape index (κ3) is 1.86. The Labute approximate surface area is 79.5 Å². The Morgan fingerprint density at radius 3 is 2.29 bits per heavy atom. The molecule has 0 amide bonds. The highest BCUT2D eigenvalue weighted by molar-refractivity contribution is 5.73. The first-order valence-corrected chi connectivity index (χ1v) is 3.94. The molecule has 0 saturated carbocycles. The highest BCUT2D eigenvalue weighted by Crippen LogP contribution is 2.21. The number of rotatable bonds is 2. The Morgan fingerprint density at radius 1 is 1.29 bits per heavy atom. The molecule has 0 aromatic carbocycles. The van der Waals surface area contributed by atoms with Crippen molar-refractivity contribution in [3.05, 3.63) is 0 Å². The molecule has 4 N–H and O–H groups in total. The van der Waals surface area contributed by atoms with Crippen molar-refractivity contribution in [1.29, 1.82) is 0 Å². The van der Waals surface area contributed by atoms with Gasteiger partial charge in [-0.3, -0.25) is 0 Å². The molecule has 0 radical (unpaired) electrons. The van der Waals surface area contributed by atoms with Crippen LogP contribution in [0.15, 0.2) is 0 Å². The molecule has 0 aromatic heterocycles. The first kappa shape index (κ1) is 11.3. The Kier molecular flexibility index (Phi) is 3.40. The highest BCUT2D eigenvalue weighted by Gasteiger charge is 2.47. The van der Waals surface area contributed by atoms with E-state index >= 15 is 0 Å². The second-order valence-electron chi connectivity index (χ2n) is 2.97. The van der Waals surface area contributed by atoms with Gasteiger partial charge in [0.2, 0.25) is 0 Å². The molecule has 0 spiro atoms. The van der Waals surface area contributed by atoms with Gasteiger partial charge in [0.05, 0.1) is 0 Å². The van der Waals surface area contributed by atoms with E-state index in [1.807, 2.05) is 0 Å². The van der Waals surface area contributed by atoms with Gasteiger partial charge in [-0.1, -0.05) is 0 Å². The van der Waals surface area contributed by atoms with Crippen LogP contribution in [-0.4, -0.2) is 64.2 Å². The van der Waals surface area contributed by atoms with Crippen LogP contribution in [0.3, 0.4) is 0 Å². The van der Waals surface area contributed by atoms with E-state index in [4.69, 9.17) is 5.11 Å². The van der Waals surface area contributed by atoms with Gasteiger partial charge in [0.1, 0.15) is 18.3 Å². The molecule has 82 valence electrons. The summed E-state index contributed by atoms with van der Waals surface area (Å²) < 4.78 is 9.19. The fourth-order valence-corrected chi connectivity index (χ4v) is 1.31. The molecule has 14 heavy (non-hydrogen) atoms. The summed E-state index contributed by atoms with van der Waals surface area (Å²) in [5.74, 6) is -1.45. The average Bonchev–Trinajstić information content (AvgIpc) is 2.12. The highest BCUT2D eigenvalue weighted by atomic mass is 16.7. The third-order valence-electron chi connectivity index (χ3n) is 2.08. The van der Waals surface area contributed by atoms with Gasteiger partial charge in [-0.2, -0.15) is 0 Å². The van der Waals surface area contributed by atoms with Gasteiger partial charge in [0.15, 0.2) is 12.4 Å². The molecule has 5 unspecified atom stereocenters. The van der Waals surface area contributed by atoms with Crippen molar-refractivity contribution in [1.82, 2.24) is 0 Å². The standard InChI is InChI=1S/C7H12O7/c1-13-5-3(9)2(8)4(6(10)11)14-7(5)12/h2-5,7-9,12H,1H3,(H,10,11). The lowest BCUT2D eigenvalue weighted by Crippen LogP contribution is -2.60. The molecule has 1 saturated heterocycles. The Hall–Kier alpha value is -0.730. The van der Waals surface area contributed by atoms with Crippen molar-refractivity contribution in [3.63, 3.8) is 0 Å². The SMILES string of the molecule is COC1C(O)OC(C(=O)O)C(O)C1O. The lowest BCUT2D eigenvalue weighted by molar-refractivity contribution is -0.284. The molecular weight excluding hydrogens is 196 g/mol. The Bertz CT molecular complexity index is 218. The van der Waals surface area contributed by atoms with E-state index in [9.17, 15) is 20.1 Å². The van der Waals surface area contributed by atoms with Crippen molar-refractivity contribution in [2.75, 3.05) is 7.11 Å². The summed E-state index contributed by atoms with van der Waals surface area (Å²) in [6.07, 6.45) is -7.49. The predicted octanol–water partition coefficient (Wildman–Crippen LogP) is -2.47. The second-order valence-corrected chi connectivity index (χ2v) is 2.97. The van der Waals surface area contributed by atoms with Crippen molar-refractivity contribution in [3.8, 4) is 0 Å². The number of carboxylic acids is 1. The average molecular weight is 208 g/mol. The van der Waals surface area contributed by atoms with Crippen LogP contribution in [0.25, 0.3) is 0 Å². The molecule has 7 heteroatoms. The van der Waals surface area contributed by atoms with Gasteiger partial charge in [0.25, 0.3) is 0 Å². The maximum atomic E-state index is 10.5. The third-order valence-corrected chi connectivity index (χ3v) is 2.08. The minimum absolute atomic E-state index is 1.15. The van der Waals surface area contributed by atoms with Crippen LogP contribution in [0.1, 0.15) is 0 Å². The van der Waals surface area contributed by atoms with E-state index in [1.165, 1.54) is 7.11 Å². The number of ether oxygens (including phenoxy) is 2. The van der Waals surface area contributed by atoms with Crippen LogP contribution in [0.5, 0.6) is 0 Å². The number of carbonyl (C=O) groups is 1. The summed E-state index contributed by atoms with van der Waals surface area (Å²) in [7, 11) is 1.20. The lowest BCUT2D eigenvalue weighted by Gasteiger charge is -2.37. The summed E-state index contributed by atoms with van der Waals surface area (Å²) in [5, 5.41) is 36.4. The molecule has 1 aliphatic rings. The number of methoxy groups -OCH3 is 1. The van der Waals surface area contributed by atoms with Gasteiger partial charge in [-0.25, -0.2) is 4.79 Å². The molecule has 0 bridgehead atoms. The largest absolute Gasteiger partial charge is 0.479 e. The van der Waals surface area contributed by atoms with Crippen LogP contribution >= 0.6 is 0 Å². The lowest BCUT2D eigenvalue weighted by atomic mass is 9.99. The van der Waals surface area contributed by atoms with Crippen LogP contribution in [0.4, 0.5) is 0 Å². The summed E-state index contributed by atoms with van der Waals surface area (Å²) in [6, 6.07) is 0. The zero-order chi connectivity index (χ0) is 10.9.